The van der Waals surface area contributed by atoms with Gasteiger partial charge in [-0.05, 0) is 24.1 Å². The SMILES string of the molecule is CC1CN(c2ccc(Cl)cc2C(N)=O)CC1C(=O)O. The fraction of sp³-hybridized carbons (Fsp3) is 0.385. The number of carbonyl (C=O) groups excluding carboxylic acids is 1. The zero-order valence-corrected chi connectivity index (χ0v) is 11.2. The molecule has 2 atom stereocenters. The Balaban J connectivity index is 2.33. The molecule has 1 aliphatic rings. The molecule has 19 heavy (non-hydrogen) atoms. The van der Waals surface area contributed by atoms with Crippen LogP contribution in [0.1, 0.15) is 17.3 Å². The summed E-state index contributed by atoms with van der Waals surface area (Å²) in [7, 11) is 0. The fourth-order valence-electron chi connectivity index (χ4n) is 2.47. The number of benzene rings is 1. The highest BCUT2D eigenvalue weighted by atomic mass is 35.5. The molecule has 0 aromatic heterocycles. The summed E-state index contributed by atoms with van der Waals surface area (Å²) in [6, 6.07) is 4.89. The van der Waals surface area contributed by atoms with Gasteiger partial charge in [-0.15, -0.1) is 0 Å². The van der Waals surface area contributed by atoms with Gasteiger partial charge in [0, 0.05) is 23.8 Å². The Bertz CT molecular complexity index is 533. The lowest BCUT2D eigenvalue weighted by atomic mass is 9.99. The van der Waals surface area contributed by atoms with Crippen molar-refractivity contribution in [2.75, 3.05) is 18.0 Å². The van der Waals surface area contributed by atoms with E-state index in [-0.39, 0.29) is 5.92 Å². The first kappa shape index (κ1) is 13.7. The highest BCUT2D eigenvalue weighted by molar-refractivity contribution is 6.31. The van der Waals surface area contributed by atoms with E-state index in [2.05, 4.69) is 0 Å². The number of hydrogen-bond donors (Lipinski definition) is 2. The number of rotatable bonds is 3. The maximum atomic E-state index is 11.4. The van der Waals surface area contributed by atoms with Crippen LogP contribution in [0, 0.1) is 11.8 Å². The fourth-order valence-corrected chi connectivity index (χ4v) is 2.64. The van der Waals surface area contributed by atoms with E-state index in [0.717, 1.165) is 0 Å². The molecule has 2 unspecified atom stereocenters. The van der Waals surface area contributed by atoms with Crippen molar-refractivity contribution in [2.24, 2.45) is 17.6 Å². The molecule has 0 radical (unpaired) electrons. The van der Waals surface area contributed by atoms with Gasteiger partial charge in [0.25, 0.3) is 5.91 Å². The Kier molecular flexibility index (Phi) is 3.66. The van der Waals surface area contributed by atoms with Crippen LogP contribution in [0.15, 0.2) is 18.2 Å². The van der Waals surface area contributed by atoms with Gasteiger partial charge in [0.2, 0.25) is 0 Å². The normalized spacial score (nSPS) is 22.5. The largest absolute Gasteiger partial charge is 0.481 e. The number of carbonyl (C=O) groups is 2. The number of aliphatic carboxylic acids is 1. The first-order valence-corrected chi connectivity index (χ1v) is 6.35. The van der Waals surface area contributed by atoms with E-state index in [9.17, 15) is 9.59 Å². The van der Waals surface area contributed by atoms with Crippen LogP contribution in [0.3, 0.4) is 0 Å². The standard InChI is InChI=1S/C13H15ClN2O3/c1-7-5-16(6-10(7)13(18)19)11-3-2-8(14)4-9(11)12(15)17/h2-4,7,10H,5-6H2,1H3,(H2,15,17)(H,18,19). The second-order valence-corrected chi connectivity index (χ2v) is 5.29. The van der Waals surface area contributed by atoms with Crippen molar-refractivity contribution in [3.05, 3.63) is 28.8 Å². The maximum absolute atomic E-state index is 11.4. The molecule has 6 heteroatoms. The van der Waals surface area contributed by atoms with Crippen molar-refractivity contribution in [1.82, 2.24) is 0 Å². The van der Waals surface area contributed by atoms with E-state index in [1.165, 1.54) is 6.07 Å². The topological polar surface area (TPSA) is 83.6 Å². The third-order valence-electron chi connectivity index (χ3n) is 3.49. The smallest absolute Gasteiger partial charge is 0.308 e. The number of nitrogens with zero attached hydrogens (tertiary/aromatic N) is 1. The molecule has 0 saturated carbocycles. The third kappa shape index (κ3) is 2.66. The lowest BCUT2D eigenvalue weighted by molar-refractivity contribution is -0.142. The minimum absolute atomic E-state index is 0.0221. The van der Waals surface area contributed by atoms with Crippen LogP contribution in [-0.4, -0.2) is 30.1 Å². The molecule has 0 aliphatic carbocycles. The number of hydrogen-bond acceptors (Lipinski definition) is 3. The van der Waals surface area contributed by atoms with Gasteiger partial charge in [-0.3, -0.25) is 9.59 Å². The third-order valence-corrected chi connectivity index (χ3v) is 3.73. The zero-order chi connectivity index (χ0) is 14.2. The Labute approximate surface area is 116 Å². The predicted molar refractivity (Wildman–Crippen MR) is 72.5 cm³/mol. The number of primary amides is 1. The molecule has 1 saturated heterocycles. The second kappa shape index (κ2) is 5.09. The van der Waals surface area contributed by atoms with Crippen LogP contribution in [0.4, 0.5) is 5.69 Å². The molecule has 3 N–H and O–H groups in total. The molecule has 1 aliphatic heterocycles. The summed E-state index contributed by atoms with van der Waals surface area (Å²) in [5, 5.41) is 9.56. The average molecular weight is 283 g/mol. The summed E-state index contributed by atoms with van der Waals surface area (Å²) >= 11 is 5.85. The van der Waals surface area contributed by atoms with Crippen molar-refractivity contribution in [2.45, 2.75) is 6.92 Å². The Morgan fingerprint density at radius 2 is 2.11 bits per heavy atom. The van der Waals surface area contributed by atoms with Crippen molar-refractivity contribution >= 4 is 29.2 Å². The van der Waals surface area contributed by atoms with Crippen molar-refractivity contribution in [3.8, 4) is 0 Å². The van der Waals surface area contributed by atoms with Gasteiger partial charge in [0.05, 0.1) is 11.5 Å². The molecule has 1 aromatic rings. The number of amides is 1. The Morgan fingerprint density at radius 3 is 2.63 bits per heavy atom. The van der Waals surface area contributed by atoms with Crippen LogP contribution in [-0.2, 0) is 4.79 Å². The number of nitrogens with two attached hydrogens (primary N) is 1. The van der Waals surface area contributed by atoms with Gasteiger partial charge in [-0.2, -0.15) is 0 Å². The molecular weight excluding hydrogens is 268 g/mol. The van der Waals surface area contributed by atoms with Gasteiger partial charge in [-0.25, -0.2) is 0 Å². The molecular formula is C13H15ClN2O3. The Hall–Kier alpha value is -1.75. The molecule has 1 heterocycles. The predicted octanol–water partition coefficient (Wildman–Crippen LogP) is 1.60. The van der Waals surface area contributed by atoms with Crippen LogP contribution in [0.5, 0.6) is 0 Å². The lowest BCUT2D eigenvalue weighted by Crippen LogP contribution is -2.25. The summed E-state index contributed by atoms with van der Waals surface area (Å²) in [4.78, 5) is 24.4. The summed E-state index contributed by atoms with van der Waals surface area (Å²) in [5.41, 5.74) is 6.31. The van der Waals surface area contributed by atoms with Gasteiger partial charge in [-0.1, -0.05) is 18.5 Å². The molecule has 0 spiro atoms. The van der Waals surface area contributed by atoms with E-state index in [1.807, 2.05) is 11.8 Å². The number of halogens is 1. The molecule has 1 amide bonds. The summed E-state index contributed by atoms with van der Waals surface area (Å²) in [6.45, 7) is 2.84. The average Bonchev–Trinajstić information content (AvgIpc) is 2.71. The highest BCUT2D eigenvalue weighted by Gasteiger charge is 2.35. The molecule has 1 fully saturated rings. The van der Waals surface area contributed by atoms with Crippen LogP contribution in [0.25, 0.3) is 0 Å². The monoisotopic (exact) mass is 282 g/mol. The lowest BCUT2D eigenvalue weighted by Gasteiger charge is -2.21. The van der Waals surface area contributed by atoms with Crippen LogP contribution >= 0.6 is 11.6 Å². The maximum Gasteiger partial charge on any atom is 0.308 e. The summed E-state index contributed by atoms with van der Waals surface area (Å²) in [5.74, 6) is -1.79. The number of anilines is 1. The summed E-state index contributed by atoms with van der Waals surface area (Å²) < 4.78 is 0. The van der Waals surface area contributed by atoms with Crippen LogP contribution in [0.2, 0.25) is 5.02 Å². The first-order valence-electron chi connectivity index (χ1n) is 5.97. The minimum Gasteiger partial charge on any atom is -0.481 e. The molecule has 5 nitrogen and oxygen atoms in total. The zero-order valence-electron chi connectivity index (χ0n) is 10.5. The summed E-state index contributed by atoms with van der Waals surface area (Å²) in [6.07, 6.45) is 0. The molecule has 0 bridgehead atoms. The molecule has 1 aromatic carbocycles. The van der Waals surface area contributed by atoms with Crippen LogP contribution < -0.4 is 10.6 Å². The van der Waals surface area contributed by atoms with E-state index in [0.29, 0.717) is 29.4 Å². The second-order valence-electron chi connectivity index (χ2n) is 4.85. The van der Waals surface area contributed by atoms with E-state index in [1.54, 1.807) is 12.1 Å². The van der Waals surface area contributed by atoms with Gasteiger partial charge in [0.15, 0.2) is 0 Å². The quantitative estimate of drug-likeness (QED) is 0.882. The minimum atomic E-state index is -0.815. The van der Waals surface area contributed by atoms with Gasteiger partial charge in [0.1, 0.15) is 0 Å². The van der Waals surface area contributed by atoms with Crippen molar-refractivity contribution in [1.29, 1.82) is 0 Å². The number of carboxylic acid groups (broad SMARTS) is 1. The molecule has 2 rings (SSSR count). The first-order chi connectivity index (χ1) is 8.90. The molecule has 102 valence electrons. The van der Waals surface area contributed by atoms with Crippen molar-refractivity contribution in [3.63, 3.8) is 0 Å². The highest BCUT2D eigenvalue weighted by Crippen LogP contribution is 2.31. The van der Waals surface area contributed by atoms with Crippen molar-refractivity contribution < 1.29 is 14.7 Å². The van der Waals surface area contributed by atoms with E-state index < -0.39 is 17.8 Å². The number of carboxylic acids is 1. The van der Waals surface area contributed by atoms with E-state index >= 15 is 0 Å². The van der Waals surface area contributed by atoms with Gasteiger partial charge < -0.3 is 15.7 Å². The van der Waals surface area contributed by atoms with E-state index in [4.69, 9.17) is 22.4 Å². The Morgan fingerprint density at radius 1 is 1.42 bits per heavy atom. The van der Waals surface area contributed by atoms with Gasteiger partial charge >= 0.3 is 5.97 Å².